The smallest absolute Gasteiger partial charge is 0.273 e. The minimum atomic E-state index is -0.633. The molecule has 2 aromatic heterocycles. The van der Waals surface area contributed by atoms with Crippen LogP contribution in [-0.4, -0.2) is 98.0 Å². The number of ether oxygens (including phenoxy) is 1. The van der Waals surface area contributed by atoms with E-state index in [1.54, 1.807) is 17.3 Å². The van der Waals surface area contributed by atoms with Crippen molar-refractivity contribution in [1.29, 1.82) is 0 Å². The van der Waals surface area contributed by atoms with E-state index in [1.807, 2.05) is 42.2 Å². The van der Waals surface area contributed by atoms with Gasteiger partial charge in [0.05, 0.1) is 12.1 Å². The van der Waals surface area contributed by atoms with Crippen LogP contribution in [0.25, 0.3) is 0 Å². The number of hydrogen-bond acceptors (Lipinski definition) is 10. The number of thiazole rings is 1. The van der Waals surface area contributed by atoms with E-state index in [-0.39, 0.29) is 41.6 Å². The number of aromatic nitrogens is 5. The summed E-state index contributed by atoms with van der Waals surface area (Å²) in [5.41, 5.74) is 1.35. The van der Waals surface area contributed by atoms with Crippen molar-refractivity contribution in [3.05, 3.63) is 57.8 Å². The van der Waals surface area contributed by atoms with Crippen LogP contribution in [0.15, 0.2) is 35.7 Å². The van der Waals surface area contributed by atoms with Crippen LogP contribution in [0.4, 0.5) is 0 Å². The Labute approximate surface area is 313 Å². The number of carbonyl (C=O) groups is 3. The predicted molar refractivity (Wildman–Crippen MR) is 203 cm³/mol. The molecule has 0 aliphatic carbocycles. The van der Waals surface area contributed by atoms with Crippen LogP contribution in [0.5, 0.6) is 0 Å². The van der Waals surface area contributed by atoms with E-state index in [9.17, 15) is 14.4 Å². The summed E-state index contributed by atoms with van der Waals surface area (Å²) in [6, 6.07) is 8.33. The molecule has 1 aliphatic heterocycles. The number of aromatic amines is 1. The predicted octanol–water partition coefficient (Wildman–Crippen LogP) is 5.51. The number of rotatable bonds is 20. The van der Waals surface area contributed by atoms with E-state index in [1.165, 1.54) is 11.3 Å². The Morgan fingerprint density at radius 2 is 1.85 bits per heavy atom. The summed E-state index contributed by atoms with van der Waals surface area (Å²) in [4.78, 5) is 50.3. The molecular formula is C38H59N9O4S. The highest BCUT2D eigenvalue weighted by Gasteiger charge is 2.38. The summed E-state index contributed by atoms with van der Waals surface area (Å²) in [5.74, 6) is 0.0533. The van der Waals surface area contributed by atoms with Gasteiger partial charge in [0, 0.05) is 44.5 Å². The van der Waals surface area contributed by atoms with Crippen molar-refractivity contribution >= 4 is 29.1 Å². The van der Waals surface area contributed by atoms with Crippen molar-refractivity contribution in [2.75, 3.05) is 26.7 Å². The lowest BCUT2D eigenvalue weighted by Gasteiger charge is -2.39. The second-order valence-electron chi connectivity index (χ2n) is 14.3. The molecule has 0 saturated carbocycles. The standard InChI is InChI=1S/C38H59N9O4S/c1-8-20-47(38(50)33(26(6)10-3)41-35(48)28-18-14-15-19-39-28)30(25(4)5)23-32(51-21-9-2)36-40-29(24-52-36)37(49)46(7)31(34-42-44-45-43-34)22-27-16-12-11-13-17-27/h11-13,16-17,24-26,28,30-33,39H,8-10,14-15,18-23H2,1-7H3,(H,41,48)(H,42,43,44,45). The number of hydrogen-bond donors (Lipinski definition) is 3. The fourth-order valence-electron chi connectivity index (χ4n) is 6.76. The van der Waals surface area contributed by atoms with Gasteiger partial charge in [-0.25, -0.2) is 4.98 Å². The van der Waals surface area contributed by atoms with Gasteiger partial charge in [-0.2, -0.15) is 5.21 Å². The third kappa shape index (κ3) is 10.9. The van der Waals surface area contributed by atoms with Gasteiger partial charge < -0.3 is 25.2 Å². The van der Waals surface area contributed by atoms with Crippen molar-refractivity contribution in [3.63, 3.8) is 0 Å². The van der Waals surface area contributed by atoms with Crippen molar-refractivity contribution in [1.82, 2.24) is 46.0 Å². The molecule has 0 radical (unpaired) electrons. The molecule has 3 N–H and O–H groups in total. The van der Waals surface area contributed by atoms with E-state index in [0.29, 0.717) is 42.5 Å². The number of amides is 3. The number of nitrogens with zero attached hydrogens (tertiary/aromatic N) is 6. The summed E-state index contributed by atoms with van der Waals surface area (Å²) in [7, 11) is 1.73. The Morgan fingerprint density at radius 3 is 2.46 bits per heavy atom. The second-order valence-corrected chi connectivity index (χ2v) is 15.2. The van der Waals surface area contributed by atoms with Gasteiger partial charge in [-0.1, -0.05) is 89.9 Å². The quantitative estimate of drug-likeness (QED) is 0.136. The lowest BCUT2D eigenvalue weighted by Crippen LogP contribution is -2.58. The van der Waals surface area contributed by atoms with Gasteiger partial charge in [0.1, 0.15) is 22.8 Å². The topological polar surface area (TPSA) is 158 Å². The third-order valence-electron chi connectivity index (χ3n) is 10.0. The molecule has 1 fully saturated rings. The number of nitrogens with one attached hydrogen (secondary N) is 3. The molecule has 3 amide bonds. The number of carbonyl (C=O) groups excluding carboxylic acids is 3. The van der Waals surface area contributed by atoms with Crippen LogP contribution < -0.4 is 10.6 Å². The zero-order chi connectivity index (χ0) is 37.6. The summed E-state index contributed by atoms with van der Waals surface area (Å²) >= 11 is 1.39. The Hall–Kier alpha value is -3.75. The average molecular weight is 738 g/mol. The van der Waals surface area contributed by atoms with Crippen molar-refractivity contribution in [3.8, 4) is 0 Å². The van der Waals surface area contributed by atoms with Gasteiger partial charge in [0.15, 0.2) is 5.82 Å². The van der Waals surface area contributed by atoms with Crippen molar-refractivity contribution in [2.24, 2.45) is 11.8 Å². The molecule has 1 saturated heterocycles. The molecule has 6 atom stereocenters. The Bertz CT molecular complexity index is 1510. The first-order valence-electron chi connectivity index (χ1n) is 19.0. The number of tetrazole rings is 1. The van der Waals surface area contributed by atoms with Crippen LogP contribution in [-0.2, 0) is 20.7 Å². The Balaban J connectivity index is 1.57. The maximum absolute atomic E-state index is 14.6. The largest absolute Gasteiger partial charge is 0.371 e. The van der Waals surface area contributed by atoms with E-state index < -0.39 is 18.2 Å². The zero-order valence-electron chi connectivity index (χ0n) is 32.0. The fourth-order valence-corrected chi connectivity index (χ4v) is 7.61. The first-order valence-corrected chi connectivity index (χ1v) is 19.9. The molecule has 4 rings (SSSR count). The zero-order valence-corrected chi connectivity index (χ0v) is 32.8. The van der Waals surface area contributed by atoms with Gasteiger partial charge in [-0.3, -0.25) is 14.4 Å². The highest BCUT2D eigenvalue weighted by atomic mass is 32.1. The molecule has 1 aromatic carbocycles. The SMILES string of the molecule is CCCOC(CC(C(C)C)N(CCC)C(=O)C(NC(=O)C1CCCCN1)C(C)CC)c1nc(C(=O)N(C)C(Cc2ccccc2)c2nn[nH]n2)cs1. The Kier molecular flexibility index (Phi) is 16.2. The van der Waals surface area contributed by atoms with Gasteiger partial charge in [0.2, 0.25) is 11.8 Å². The van der Waals surface area contributed by atoms with Gasteiger partial charge in [-0.15, -0.1) is 21.5 Å². The number of piperidine rings is 1. The maximum Gasteiger partial charge on any atom is 0.273 e. The summed E-state index contributed by atoms with van der Waals surface area (Å²) in [5, 5.41) is 23.6. The molecule has 3 heterocycles. The number of H-pyrrole nitrogens is 1. The first-order chi connectivity index (χ1) is 25.1. The first kappa shape index (κ1) is 41.0. The molecular weight excluding hydrogens is 679 g/mol. The molecule has 0 bridgehead atoms. The van der Waals surface area contributed by atoms with Crippen molar-refractivity contribution < 1.29 is 19.1 Å². The van der Waals surface area contributed by atoms with Crippen molar-refractivity contribution in [2.45, 2.75) is 123 Å². The van der Waals surface area contributed by atoms with Crippen LogP contribution in [0.3, 0.4) is 0 Å². The van der Waals surface area contributed by atoms with E-state index in [4.69, 9.17) is 9.72 Å². The van der Waals surface area contributed by atoms with Gasteiger partial charge in [0.25, 0.3) is 5.91 Å². The van der Waals surface area contributed by atoms with E-state index in [0.717, 1.165) is 50.6 Å². The summed E-state index contributed by atoms with van der Waals surface area (Å²) < 4.78 is 6.45. The number of likely N-dealkylation sites (N-methyl/N-ethyl adjacent to an activating group) is 1. The molecule has 52 heavy (non-hydrogen) atoms. The van der Waals surface area contributed by atoms with Gasteiger partial charge >= 0.3 is 0 Å². The van der Waals surface area contributed by atoms with Gasteiger partial charge in [-0.05, 0) is 49.6 Å². The Morgan fingerprint density at radius 1 is 1.08 bits per heavy atom. The monoisotopic (exact) mass is 737 g/mol. The van der Waals surface area contributed by atoms with Crippen LogP contribution in [0.2, 0.25) is 0 Å². The summed E-state index contributed by atoms with van der Waals surface area (Å²) in [6.45, 7) is 14.3. The molecule has 1 aliphatic rings. The fraction of sp³-hybridized carbons (Fsp3) is 0.658. The van der Waals surface area contributed by atoms with E-state index >= 15 is 0 Å². The highest BCUT2D eigenvalue weighted by Crippen LogP contribution is 2.32. The van der Waals surface area contributed by atoms with Crippen LogP contribution >= 0.6 is 11.3 Å². The molecule has 3 aromatic rings. The minimum absolute atomic E-state index is 0.0398. The number of benzene rings is 1. The molecule has 13 nitrogen and oxygen atoms in total. The summed E-state index contributed by atoms with van der Waals surface area (Å²) in [6.07, 6.45) is 5.74. The second kappa shape index (κ2) is 20.5. The van der Waals surface area contributed by atoms with Crippen LogP contribution in [0.1, 0.15) is 126 Å². The third-order valence-corrected chi connectivity index (χ3v) is 11.0. The highest BCUT2D eigenvalue weighted by molar-refractivity contribution is 7.09. The van der Waals surface area contributed by atoms with Crippen LogP contribution in [0, 0.1) is 11.8 Å². The molecule has 6 unspecified atom stereocenters. The van der Waals surface area contributed by atoms with E-state index in [2.05, 4.69) is 65.9 Å². The lowest BCUT2D eigenvalue weighted by molar-refractivity contribution is -0.142. The molecule has 0 spiro atoms. The minimum Gasteiger partial charge on any atom is -0.371 e. The average Bonchev–Trinajstić information content (AvgIpc) is 3.89. The molecule has 286 valence electrons. The lowest BCUT2D eigenvalue weighted by atomic mass is 9.92. The maximum atomic E-state index is 14.6. The normalized spacial score (nSPS) is 17.6. The molecule has 14 heteroatoms.